The zero-order valence-electron chi connectivity index (χ0n) is 18.5. The van der Waals surface area contributed by atoms with Crippen molar-refractivity contribution in [1.82, 2.24) is 19.6 Å². The average Bonchev–Trinajstić information content (AvgIpc) is 3.37. The largest absolute Gasteiger partial charge is 0.302 e. The fourth-order valence-electron chi connectivity index (χ4n) is 5.38. The number of nitrogens with one attached hydrogen (secondary N) is 1. The van der Waals surface area contributed by atoms with E-state index in [9.17, 15) is 5.41 Å². The Balaban J connectivity index is 1.40. The summed E-state index contributed by atoms with van der Waals surface area (Å²) in [4.78, 5) is 5.07. The average molecular weight is 414 g/mol. The maximum Gasteiger partial charge on any atom is 0.112 e. The molecule has 2 heterocycles. The van der Waals surface area contributed by atoms with Gasteiger partial charge in [0.2, 0.25) is 0 Å². The summed E-state index contributed by atoms with van der Waals surface area (Å²) in [6.45, 7) is 7.15. The molecule has 0 amide bonds. The minimum atomic E-state index is -0.460. The summed E-state index contributed by atoms with van der Waals surface area (Å²) >= 11 is 0. The van der Waals surface area contributed by atoms with Crippen LogP contribution in [0.4, 0.5) is 0 Å². The van der Waals surface area contributed by atoms with E-state index >= 15 is 0 Å². The Morgan fingerprint density at radius 3 is 2.32 bits per heavy atom. The van der Waals surface area contributed by atoms with Gasteiger partial charge in [0.15, 0.2) is 0 Å². The molecule has 1 aromatic heterocycles. The van der Waals surface area contributed by atoms with Crippen LogP contribution in [0.3, 0.4) is 0 Å². The van der Waals surface area contributed by atoms with Crippen LogP contribution in [-0.4, -0.2) is 51.5 Å². The number of aryl methyl sites for hydroxylation is 2. The van der Waals surface area contributed by atoms with Gasteiger partial charge in [-0.2, -0.15) is 5.10 Å². The van der Waals surface area contributed by atoms with Crippen LogP contribution in [0.25, 0.3) is 0 Å². The Morgan fingerprint density at radius 2 is 1.65 bits per heavy atom. The van der Waals surface area contributed by atoms with Crippen LogP contribution >= 0.6 is 0 Å². The highest BCUT2D eigenvalue weighted by atomic mass is 15.3. The number of nitrogens with zero attached hydrogens (tertiary/aromatic N) is 4. The van der Waals surface area contributed by atoms with Gasteiger partial charge in [0.1, 0.15) is 5.54 Å². The van der Waals surface area contributed by atoms with Gasteiger partial charge in [-0.1, -0.05) is 55.5 Å². The summed E-state index contributed by atoms with van der Waals surface area (Å²) in [7, 11) is 1.96. The predicted octanol–water partition coefficient (Wildman–Crippen LogP) is 3.62. The molecule has 0 bridgehead atoms. The minimum absolute atomic E-state index is 0.460. The molecule has 3 aromatic rings. The maximum absolute atomic E-state index is 9.20. The first kappa shape index (κ1) is 20.2. The van der Waals surface area contributed by atoms with E-state index in [2.05, 4.69) is 65.3 Å². The monoisotopic (exact) mass is 413 g/mol. The second kappa shape index (κ2) is 8.06. The molecule has 5 rings (SSSR count). The van der Waals surface area contributed by atoms with Crippen molar-refractivity contribution in [1.29, 1.82) is 5.41 Å². The van der Waals surface area contributed by atoms with Gasteiger partial charge in [-0.15, -0.1) is 0 Å². The third kappa shape index (κ3) is 3.42. The highest BCUT2D eigenvalue weighted by Gasteiger charge is 2.50. The number of fused-ring (bicyclic) bond motifs is 1. The Hall–Kier alpha value is -2.76. The molecular weight excluding hydrogens is 382 g/mol. The quantitative estimate of drug-likeness (QED) is 0.695. The van der Waals surface area contributed by atoms with Crippen molar-refractivity contribution in [2.45, 2.75) is 31.8 Å². The Morgan fingerprint density at radius 1 is 0.935 bits per heavy atom. The molecule has 160 valence electrons. The number of rotatable bonds is 5. The van der Waals surface area contributed by atoms with E-state index in [-0.39, 0.29) is 0 Å². The molecule has 5 heteroatoms. The second-order valence-corrected chi connectivity index (χ2v) is 8.83. The zero-order valence-corrected chi connectivity index (χ0v) is 18.5. The van der Waals surface area contributed by atoms with Crippen molar-refractivity contribution >= 4 is 5.71 Å². The topological polar surface area (TPSA) is 48.2 Å². The van der Waals surface area contributed by atoms with Crippen molar-refractivity contribution in [3.8, 4) is 0 Å². The SMILES string of the molecule is CCc1ccccc1CN1CCN(C2(c3ccn(C)n3)Cc3ccccc3C2=N)CC1. The minimum Gasteiger partial charge on any atom is -0.302 e. The van der Waals surface area contributed by atoms with Crippen molar-refractivity contribution in [3.63, 3.8) is 0 Å². The summed E-state index contributed by atoms with van der Waals surface area (Å²) < 4.78 is 1.87. The molecule has 1 aliphatic carbocycles. The highest BCUT2D eigenvalue weighted by Crippen LogP contribution is 2.42. The van der Waals surface area contributed by atoms with E-state index in [0.29, 0.717) is 5.71 Å². The van der Waals surface area contributed by atoms with E-state index in [1.807, 2.05) is 24.0 Å². The van der Waals surface area contributed by atoms with Gasteiger partial charge in [0, 0.05) is 58.0 Å². The molecule has 1 aliphatic heterocycles. The molecule has 31 heavy (non-hydrogen) atoms. The molecule has 1 fully saturated rings. The summed E-state index contributed by atoms with van der Waals surface area (Å²) in [5, 5.41) is 14.0. The van der Waals surface area contributed by atoms with Gasteiger partial charge in [-0.05, 0) is 29.2 Å². The van der Waals surface area contributed by atoms with Crippen LogP contribution in [0.5, 0.6) is 0 Å². The maximum atomic E-state index is 9.20. The van der Waals surface area contributed by atoms with Crippen LogP contribution in [-0.2, 0) is 32.0 Å². The molecule has 5 nitrogen and oxygen atoms in total. The van der Waals surface area contributed by atoms with Crippen LogP contribution < -0.4 is 0 Å². The molecule has 1 atom stereocenters. The summed E-state index contributed by atoms with van der Waals surface area (Å²) in [5.41, 5.74) is 6.47. The van der Waals surface area contributed by atoms with Crippen molar-refractivity contribution < 1.29 is 0 Å². The third-order valence-electron chi connectivity index (χ3n) is 7.09. The first-order valence-corrected chi connectivity index (χ1v) is 11.3. The normalized spacial score (nSPS) is 22.1. The van der Waals surface area contributed by atoms with Gasteiger partial charge in [0.25, 0.3) is 0 Å². The molecule has 0 radical (unpaired) electrons. The fourth-order valence-corrected chi connectivity index (χ4v) is 5.38. The number of benzene rings is 2. The predicted molar refractivity (Wildman–Crippen MR) is 125 cm³/mol. The number of hydrogen-bond donors (Lipinski definition) is 1. The van der Waals surface area contributed by atoms with Crippen LogP contribution in [0.1, 0.15) is 34.9 Å². The standard InChI is InChI=1S/C26H31N5/c1-3-20-8-4-5-10-22(20)19-30-14-16-31(17-15-30)26(24-12-13-29(2)28-24)18-21-9-6-7-11-23(21)25(26)27/h4-13,27H,3,14-19H2,1-2H3. The molecular formula is C26H31N5. The van der Waals surface area contributed by atoms with E-state index < -0.39 is 5.54 Å². The zero-order chi connectivity index (χ0) is 21.4. The lowest BCUT2D eigenvalue weighted by atomic mass is 9.87. The van der Waals surface area contributed by atoms with Crippen molar-refractivity contribution in [2.75, 3.05) is 26.2 Å². The molecule has 2 aromatic carbocycles. The van der Waals surface area contributed by atoms with Gasteiger partial charge in [0.05, 0.1) is 11.4 Å². The van der Waals surface area contributed by atoms with Gasteiger partial charge in [-0.25, -0.2) is 0 Å². The number of aromatic nitrogens is 2. The lowest BCUT2D eigenvalue weighted by molar-refractivity contribution is 0.0636. The van der Waals surface area contributed by atoms with E-state index in [0.717, 1.165) is 56.8 Å². The Bertz CT molecular complexity index is 1090. The van der Waals surface area contributed by atoms with Gasteiger partial charge >= 0.3 is 0 Å². The van der Waals surface area contributed by atoms with Gasteiger partial charge < -0.3 is 5.41 Å². The molecule has 1 saturated heterocycles. The number of piperazine rings is 1. The molecule has 2 aliphatic rings. The summed E-state index contributed by atoms with van der Waals surface area (Å²) in [6, 6.07) is 19.3. The third-order valence-corrected chi connectivity index (χ3v) is 7.09. The summed E-state index contributed by atoms with van der Waals surface area (Å²) in [5.74, 6) is 0. The lowest BCUT2D eigenvalue weighted by Crippen LogP contribution is -2.58. The summed E-state index contributed by atoms with van der Waals surface area (Å²) in [6.07, 6.45) is 3.91. The lowest BCUT2D eigenvalue weighted by Gasteiger charge is -2.45. The molecule has 0 spiro atoms. The highest BCUT2D eigenvalue weighted by molar-refractivity contribution is 6.09. The van der Waals surface area contributed by atoms with E-state index in [4.69, 9.17) is 5.10 Å². The smallest absolute Gasteiger partial charge is 0.112 e. The van der Waals surface area contributed by atoms with Crippen molar-refractivity contribution in [3.05, 3.63) is 88.7 Å². The van der Waals surface area contributed by atoms with Crippen LogP contribution in [0.15, 0.2) is 60.8 Å². The fraction of sp³-hybridized carbons (Fsp3) is 0.385. The van der Waals surface area contributed by atoms with Crippen molar-refractivity contribution in [2.24, 2.45) is 7.05 Å². The Labute approximate surface area is 184 Å². The van der Waals surface area contributed by atoms with E-state index in [1.54, 1.807) is 0 Å². The van der Waals surface area contributed by atoms with Gasteiger partial charge in [-0.3, -0.25) is 14.5 Å². The first-order valence-electron chi connectivity index (χ1n) is 11.3. The Kier molecular flexibility index (Phi) is 5.24. The van der Waals surface area contributed by atoms with Crippen LogP contribution in [0, 0.1) is 5.41 Å². The first-order chi connectivity index (χ1) is 15.1. The second-order valence-electron chi connectivity index (χ2n) is 8.83. The van der Waals surface area contributed by atoms with E-state index in [1.165, 1.54) is 16.7 Å². The number of hydrogen-bond acceptors (Lipinski definition) is 4. The molecule has 0 saturated carbocycles. The molecule has 1 unspecified atom stereocenters. The van der Waals surface area contributed by atoms with Crippen LogP contribution in [0.2, 0.25) is 0 Å². The molecule has 1 N–H and O–H groups in total.